The Kier molecular flexibility index (Phi) is 2.97. The van der Waals surface area contributed by atoms with Gasteiger partial charge in [0.15, 0.2) is 0 Å². The van der Waals surface area contributed by atoms with E-state index in [1.807, 2.05) is 18.2 Å². The first-order valence-electron chi connectivity index (χ1n) is 8.26. The third-order valence-corrected chi connectivity index (χ3v) is 4.86. The second-order valence-corrected chi connectivity index (χ2v) is 6.36. The number of carbonyl (C=O) groups is 1. The van der Waals surface area contributed by atoms with Gasteiger partial charge < -0.3 is 15.0 Å². The predicted octanol–water partition coefficient (Wildman–Crippen LogP) is 2.36. The van der Waals surface area contributed by atoms with E-state index in [4.69, 9.17) is 4.74 Å². The lowest BCUT2D eigenvalue weighted by molar-refractivity contribution is -0.112. The lowest BCUT2D eigenvalue weighted by atomic mass is 10.1. The number of nitrogens with one attached hydrogen (secondary N) is 1. The van der Waals surface area contributed by atoms with Gasteiger partial charge in [-0.2, -0.15) is 0 Å². The number of carbonyl (C=O) groups excluding carboxylic acids is 1. The number of ether oxygens (including phenoxy) is 1. The maximum absolute atomic E-state index is 12.5. The zero-order valence-electron chi connectivity index (χ0n) is 13.2. The highest BCUT2D eigenvalue weighted by Crippen LogP contribution is 2.51. The van der Waals surface area contributed by atoms with Crippen molar-refractivity contribution in [3.05, 3.63) is 64.4 Å². The van der Waals surface area contributed by atoms with Crippen LogP contribution in [0, 0.1) is 0 Å². The van der Waals surface area contributed by atoms with Crippen LogP contribution in [0.15, 0.2) is 64.4 Å². The summed E-state index contributed by atoms with van der Waals surface area (Å²) in [7, 11) is 0. The molecule has 1 N–H and O–H groups in total. The number of amides is 1. The molecule has 5 heteroatoms. The highest BCUT2D eigenvalue weighted by Gasteiger charge is 2.35. The average molecular weight is 319 g/mol. The van der Waals surface area contributed by atoms with Gasteiger partial charge in [-0.1, -0.05) is 6.08 Å². The molecule has 24 heavy (non-hydrogen) atoms. The summed E-state index contributed by atoms with van der Waals surface area (Å²) in [4.78, 5) is 19.2. The van der Waals surface area contributed by atoms with Gasteiger partial charge in [0.1, 0.15) is 5.82 Å². The van der Waals surface area contributed by atoms with Crippen molar-refractivity contribution in [2.45, 2.75) is 6.42 Å². The van der Waals surface area contributed by atoms with Gasteiger partial charge in [-0.15, -0.1) is 0 Å². The molecule has 5 nitrogen and oxygen atoms in total. The van der Waals surface area contributed by atoms with Crippen molar-refractivity contribution in [1.82, 2.24) is 4.98 Å². The zero-order valence-corrected chi connectivity index (χ0v) is 13.2. The van der Waals surface area contributed by atoms with Gasteiger partial charge in [0.05, 0.1) is 25.1 Å². The molecule has 1 aromatic heterocycles. The first kappa shape index (κ1) is 13.7. The van der Waals surface area contributed by atoms with Crippen LogP contribution in [-0.4, -0.2) is 37.2 Å². The maximum Gasteiger partial charge on any atom is 0.256 e. The van der Waals surface area contributed by atoms with Crippen LogP contribution in [-0.2, 0) is 9.53 Å². The number of fused-ring (bicyclic) bond motifs is 2. The van der Waals surface area contributed by atoms with Crippen molar-refractivity contribution in [2.24, 2.45) is 0 Å². The Balaban J connectivity index is 1.31. The molecule has 1 amide bonds. The van der Waals surface area contributed by atoms with Crippen LogP contribution in [0.4, 0.5) is 11.5 Å². The van der Waals surface area contributed by atoms with Crippen LogP contribution in [0.25, 0.3) is 0 Å². The van der Waals surface area contributed by atoms with Gasteiger partial charge in [-0.25, -0.2) is 4.98 Å². The second-order valence-electron chi connectivity index (χ2n) is 6.36. The van der Waals surface area contributed by atoms with Crippen LogP contribution >= 0.6 is 0 Å². The molecule has 0 unspecified atom stereocenters. The molecule has 0 radical (unpaired) electrons. The third kappa shape index (κ3) is 2.20. The molecule has 120 valence electrons. The van der Waals surface area contributed by atoms with E-state index in [-0.39, 0.29) is 5.91 Å². The van der Waals surface area contributed by atoms with E-state index in [0.29, 0.717) is 0 Å². The molecule has 0 aromatic carbocycles. The molecule has 0 spiro atoms. The smallest absolute Gasteiger partial charge is 0.256 e. The van der Waals surface area contributed by atoms with Crippen LogP contribution in [0.5, 0.6) is 0 Å². The largest absolute Gasteiger partial charge is 0.378 e. The van der Waals surface area contributed by atoms with Crippen LogP contribution in [0.3, 0.4) is 0 Å². The lowest BCUT2D eigenvalue weighted by Crippen LogP contribution is -2.36. The van der Waals surface area contributed by atoms with E-state index in [1.165, 1.54) is 16.7 Å². The summed E-state index contributed by atoms with van der Waals surface area (Å²) in [6.07, 6.45) is 8.91. The molecule has 1 saturated carbocycles. The van der Waals surface area contributed by atoms with Crippen LogP contribution in [0.2, 0.25) is 0 Å². The first-order valence-corrected chi connectivity index (χ1v) is 8.26. The fourth-order valence-electron chi connectivity index (χ4n) is 3.47. The number of hydrogen-bond acceptors (Lipinski definition) is 4. The molecule has 0 bridgehead atoms. The minimum Gasteiger partial charge on any atom is -0.378 e. The van der Waals surface area contributed by atoms with E-state index >= 15 is 0 Å². The highest BCUT2D eigenvalue weighted by atomic mass is 16.5. The summed E-state index contributed by atoms with van der Waals surface area (Å²) in [5.74, 6) is 0.850. The summed E-state index contributed by atoms with van der Waals surface area (Å²) < 4.78 is 5.35. The van der Waals surface area contributed by atoms with Crippen molar-refractivity contribution >= 4 is 17.4 Å². The molecule has 1 aromatic rings. The number of nitrogens with zero attached hydrogens (tertiary/aromatic N) is 2. The minimum absolute atomic E-state index is 0.0732. The predicted molar refractivity (Wildman–Crippen MR) is 91.8 cm³/mol. The van der Waals surface area contributed by atoms with E-state index in [0.717, 1.165) is 55.4 Å². The quantitative estimate of drug-likeness (QED) is 0.929. The maximum atomic E-state index is 12.5. The molecule has 1 saturated heterocycles. The molecular formula is C19H17N3O2. The van der Waals surface area contributed by atoms with Gasteiger partial charge in [0.25, 0.3) is 5.91 Å². The van der Waals surface area contributed by atoms with Gasteiger partial charge >= 0.3 is 0 Å². The molecule has 1 aliphatic heterocycles. The van der Waals surface area contributed by atoms with Crippen molar-refractivity contribution in [3.8, 4) is 0 Å². The number of pyridine rings is 1. The summed E-state index contributed by atoms with van der Waals surface area (Å²) >= 11 is 0. The Bertz CT molecular complexity index is 853. The molecule has 3 aliphatic carbocycles. The monoisotopic (exact) mass is 319 g/mol. The molecule has 4 aliphatic rings. The first-order chi connectivity index (χ1) is 11.8. The Morgan fingerprint density at radius 1 is 1.17 bits per heavy atom. The third-order valence-electron chi connectivity index (χ3n) is 4.86. The van der Waals surface area contributed by atoms with Crippen molar-refractivity contribution in [1.29, 1.82) is 0 Å². The Morgan fingerprint density at radius 2 is 2.04 bits per heavy atom. The second kappa shape index (κ2) is 5.18. The van der Waals surface area contributed by atoms with E-state index in [9.17, 15) is 4.79 Å². The topological polar surface area (TPSA) is 54.5 Å². The van der Waals surface area contributed by atoms with Gasteiger partial charge in [0.2, 0.25) is 0 Å². The lowest BCUT2D eigenvalue weighted by Gasteiger charge is -2.27. The summed E-state index contributed by atoms with van der Waals surface area (Å²) in [5, 5.41) is 2.95. The number of allylic oxidation sites excluding steroid dienone is 6. The minimum atomic E-state index is -0.0732. The Hall–Kier alpha value is -2.66. The summed E-state index contributed by atoms with van der Waals surface area (Å²) in [6, 6.07) is 3.85. The number of rotatable bonds is 3. The zero-order chi connectivity index (χ0) is 16.1. The fraction of sp³-hybridized carbons (Fsp3) is 0.263. The van der Waals surface area contributed by atoms with Gasteiger partial charge in [0, 0.05) is 18.7 Å². The summed E-state index contributed by atoms with van der Waals surface area (Å²) in [6.45, 7) is 3.17. The number of aromatic nitrogens is 1. The van der Waals surface area contributed by atoms with E-state index < -0.39 is 0 Å². The van der Waals surface area contributed by atoms with Crippen LogP contribution in [0.1, 0.15) is 6.42 Å². The summed E-state index contributed by atoms with van der Waals surface area (Å²) in [5.41, 5.74) is 6.55. The molecule has 2 fully saturated rings. The highest BCUT2D eigenvalue weighted by molar-refractivity contribution is 6.09. The van der Waals surface area contributed by atoms with E-state index in [2.05, 4.69) is 27.4 Å². The number of anilines is 2. The number of hydrogen-bond donors (Lipinski definition) is 1. The molecule has 5 rings (SSSR count). The SMILES string of the molecule is O=C(Nc1ccc(N2CCOCC2)nc1)C1=C2C=C3CC3=C2C=C1. The van der Waals surface area contributed by atoms with E-state index in [1.54, 1.807) is 6.20 Å². The standard InChI is InChI=1S/C19H17N3O2/c23-19(15-3-2-14-16-9-12(16)10-17(14)15)21-13-1-4-18(20-11-13)22-5-7-24-8-6-22/h1-4,10-11H,5-9H2,(H,21,23). The Morgan fingerprint density at radius 3 is 2.83 bits per heavy atom. The normalized spacial score (nSPS) is 21.0. The van der Waals surface area contributed by atoms with Crippen molar-refractivity contribution < 1.29 is 9.53 Å². The fourth-order valence-corrected chi connectivity index (χ4v) is 3.47. The Labute approximate surface area is 140 Å². The van der Waals surface area contributed by atoms with Gasteiger partial charge in [-0.05, 0) is 53.0 Å². The molecule has 0 atom stereocenters. The average Bonchev–Trinajstić information content (AvgIpc) is 3.10. The van der Waals surface area contributed by atoms with Crippen molar-refractivity contribution in [2.75, 3.05) is 36.5 Å². The molecular weight excluding hydrogens is 302 g/mol. The number of morpholine rings is 1. The van der Waals surface area contributed by atoms with Gasteiger partial charge in [-0.3, -0.25) is 4.79 Å². The molecule has 2 heterocycles. The van der Waals surface area contributed by atoms with Crippen LogP contribution < -0.4 is 10.2 Å². The van der Waals surface area contributed by atoms with Crippen molar-refractivity contribution in [3.63, 3.8) is 0 Å².